The molecule has 0 fully saturated rings. The molecule has 0 saturated carbocycles. The van der Waals surface area contributed by atoms with E-state index in [1.807, 2.05) is 0 Å². The van der Waals surface area contributed by atoms with Gasteiger partial charge in [0.15, 0.2) is 5.17 Å². The molecule has 0 aliphatic heterocycles. The number of aromatic nitrogens is 2. The predicted molar refractivity (Wildman–Crippen MR) is 34.3 cm³/mol. The molecule has 1 heterocycles. The minimum absolute atomic E-state index is 0.134. The molecule has 0 aromatic carbocycles. The molecule has 0 aliphatic rings. The fourth-order valence-corrected chi connectivity index (χ4v) is 0.512. The van der Waals surface area contributed by atoms with Crippen molar-refractivity contribution in [3.05, 3.63) is 18.5 Å². The Bertz CT molecular complexity index is 179. The van der Waals surface area contributed by atoms with E-state index in [-0.39, 0.29) is 5.17 Å². The van der Waals surface area contributed by atoms with Crippen LogP contribution in [0.25, 0.3) is 0 Å². The number of hydrogen-bond donors (Lipinski definition) is 2. The monoisotopic (exact) mass is 127 g/mol. The summed E-state index contributed by atoms with van der Waals surface area (Å²) in [6, 6.07) is 1.74. The Morgan fingerprint density at radius 3 is 2.75 bits per heavy atom. The molecule has 0 bridgehead atoms. The van der Waals surface area contributed by atoms with Gasteiger partial charge in [0.25, 0.3) is 0 Å². The number of nitrogens with zero attached hydrogens (tertiary/aromatic N) is 2. The molecule has 0 saturated heterocycles. The van der Waals surface area contributed by atoms with Crippen molar-refractivity contribution in [1.82, 2.24) is 9.78 Å². The summed E-state index contributed by atoms with van der Waals surface area (Å²) in [6.45, 7) is 0. The lowest BCUT2D eigenvalue weighted by Gasteiger charge is -1.89. The Hall–Kier alpha value is -0.770. The van der Waals surface area contributed by atoms with Gasteiger partial charge >= 0.3 is 0 Å². The molecule has 0 spiro atoms. The summed E-state index contributed by atoms with van der Waals surface area (Å²) in [6.07, 6.45) is 3.26. The zero-order valence-corrected chi connectivity index (χ0v) is 4.97. The zero-order chi connectivity index (χ0) is 5.98. The zero-order valence-electron chi connectivity index (χ0n) is 4.07. The highest BCUT2D eigenvalue weighted by Crippen LogP contribution is 1.85. The maximum absolute atomic E-state index is 6.92. The third-order valence-electron chi connectivity index (χ3n) is 0.721. The quantitative estimate of drug-likeness (QED) is 0.299. The molecule has 4 heteroatoms. The van der Waals surface area contributed by atoms with Gasteiger partial charge in [0.05, 0.1) is 0 Å². The van der Waals surface area contributed by atoms with Gasteiger partial charge < -0.3 is 0 Å². The molecular weight excluding hydrogens is 122 g/mol. The molecule has 0 amide bonds. The molecular formula is C4H5N3S. The van der Waals surface area contributed by atoms with E-state index < -0.39 is 0 Å². The molecule has 1 aromatic heterocycles. The molecule has 8 heavy (non-hydrogen) atoms. The molecule has 3 nitrogen and oxygen atoms in total. The van der Waals surface area contributed by atoms with Gasteiger partial charge in [-0.1, -0.05) is 0 Å². The summed E-state index contributed by atoms with van der Waals surface area (Å²) in [7, 11) is 0. The second-order valence-electron chi connectivity index (χ2n) is 1.27. The predicted octanol–water partition coefficient (Wildman–Crippen LogP) is 0.596. The van der Waals surface area contributed by atoms with Gasteiger partial charge in [0, 0.05) is 12.4 Å². The van der Waals surface area contributed by atoms with Crippen molar-refractivity contribution in [3.63, 3.8) is 0 Å². The van der Waals surface area contributed by atoms with Crippen LogP contribution in [0.4, 0.5) is 0 Å². The lowest BCUT2D eigenvalue weighted by molar-refractivity contribution is 0.943. The van der Waals surface area contributed by atoms with Crippen LogP contribution in [-0.2, 0) is 0 Å². The highest BCUT2D eigenvalue weighted by Gasteiger charge is 1.87. The van der Waals surface area contributed by atoms with Crippen molar-refractivity contribution >= 4 is 17.8 Å². The Morgan fingerprint density at radius 1 is 1.75 bits per heavy atom. The van der Waals surface area contributed by atoms with Crippen LogP contribution < -0.4 is 0 Å². The largest absolute Gasteiger partial charge is 0.277 e. The Labute approximate surface area is 52.2 Å². The second-order valence-corrected chi connectivity index (χ2v) is 1.70. The van der Waals surface area contributed by atoms with Crippen molar-refractivity contribution in [1.29, 1.82) is 5.41 Å². The maximum atomic E-state index is 6.92. The van der Waals surface area contributed by atoms with Crippen molar-refractivity contribution in [3.8, 4) is 0 Å². The van der Waals surface area contributed by atoms with Gasteiger partial charge in [-0.3, -0.25) is 5.41 Å². The lowest BCUT2D eigenvalue weighted by atomic mass is 10.8. The summed E-state index contributed by atoms with van der Waals surface area (Å²) in [5.41, 5.74) is 0. The van der Waals surface area contributed by atoms with Gasteiger partial charge in [-0.15, -0.1) is 12.6 Å². The molecule has 1 aromatic rings. The second kappa shape index (κ2) is 2.00. The van der Waals surface area contributed by atoms with Gasteiger partial charge in [0.1, 0.15) is 0 Å². The first-order chi connectivity index (χ1) is 3.80. The first kappa shape index (κ1) is 5.37. The van der Waals surface area contributed by atoms with E-state index in [0.717, 1.165) is 0 Å². The topological polar surface area (TPSA) is 41.7 Å². The van der Waals surface area contributed by atoms with E-state index in [0.29, 0.717) is 0 Å². The highest BCUT2D eigenvalue weighted by atomic mass is 32.1. The SMILES string of the molecule is N=C(S)n1cccn1. The summed E-state index contributed by atoms with van der Waals surface area (Å²) in [4.78, 5) is 0. The molecule has 1 N–H and O–H groups in total. The third kappa shape index (κ3) is 0.894. The molecule has 0 unspecified atom stereocenters. The van der Waals surface area contributed by atoms with Crippen molar-refractivity contribution < 1.29 is 0 Å². The molecule has 0 atom stereocenters. The standard InChI is InChI=1S/C4H5N3S/c5-4(8)7-3-1-2-6-7/h1-3H,(H2,5,8). The number of nitrogens with one attached hydrogen (secondary N) is 1. The maximum Gasteiger partial charge on any atom is 0.178 e. The van der Waals surface area contributed by atoms with Gasteiger partial charge in [0.2, 0.25) is 0 Å². The first-order valence-electron chi connectivity index (χ1n) is 2.08. The van der Waals surface area contributed by atoms with E-state index in [1.54, 1.807) is 18.5 Å². The summed E-state index contributed by atoms with van der Waals surface area (Å²) < 4.78 is 1.36. The van der Waals surface area contributed by atoms with Crippen LogP contribution in [0.2, 0.25) is 0 Å². The van der Waals surface area contributed by atoms with Crippen LogP contribution in [0.3, 0.4) is 0 Å². The fraction of sp³-hybridized carbons (Fsp3) is 0. The highest BCUT2D eigenvalue weighted by molar-refractivity contribution is 7.96. The Morgan fingerprint density at radius 2 is 2.50 bits per heavy atom. The fourth-order valence-electron chi connectivity index (χ4n) is 0.394. The van der Waals surface area contributed by atoms with E-state index in [2.05, 4.69) is 17.7 Å². The van der Waals surface area contributed by atoms with Gasteiger partial charge in [-0.25, -0.2) is 4.68 Å². The van der Waals surface area contributed by atoms with Crippen molar-refractivity contribution in [2.24, 2.45) is 0 Å². The minimum atomic E-state index is 0.134. The van der Waals surface area contributed by atoms with Crippen molar-refractivity contribution in [2.45, 2.75) is 0 Å². The Balaban J connectivity index is 2.93. The van der Waals surface area contributed by atoms with Crippen LogP contribution in [0, 0.1) is 5.41 Å². The third-order valence-corrected chi connectivity index (χ3v) is 0.926. The normalized spacial score (nSPS) is 9.12. The number of thiol groups is 1. The van der Waals surface area contributed by atoms with Crippen LogP contribution in [0.15, 0.2) is 18.5 Å². The number of hydrogen-bond acceptors (Lipinski definition) is 2. The molecule has 0 aliphatic carbocycles. The van der Waals surface area contributed by atoms with E-state index in [1.165, 1.54) is 4.68 Å². The molecule has 0 radical (unpaired) electrons. The van der Waals surface area contributed by atoms with E-state index in [9.17, 15) is 0 Å². The Kier molecular flexibility index (Phi) is 1.34. The number of rotatable bonds is 0. The summed E-state index contributed by atoms with van der Waals surface area (Å²) >= 11 is 3.74. The summed E-state index contributed by atoms with van der Waals surface area (Å²) in [5, 5.41) is 10.8. The lowest BCUT2D eigenvalue weighted by Crippen LogP contribution is -2.01. The van der Waals surface area contributed by atoms with E-state index in [4.69, 9.17) is 5.41 Å². The van der Waals surface area contributed by atoms with E-state index >= 15 is 0 Å². The molecule has 1 rings (SSSR count). The van der Waals surface area contributed by atoms with Crippen LogP contribution in [-0.4, -0.2) is 14.9 Å². The van der Waals surface area contributed by atoms with Crippen LogP contribution >= 0.6 is 12.6 Å². The van der Waals surface area contributed by atoms with Crippen LogP contribution in [0.5, 0.6) is 0 Å². The van der Waals surface area contributed by atoms with Gasteiger partial charge in [-0.2, -0.15) is 5.10 Å². The van der Waals surface area contributed by atoms with Gasteiger partial charge in [-0.05, 0) is 6.07 Å². The first-order valence-corrected chi connectivity index (χ1v) is 2.53. The van der Waals surface area contributed by atoms with Crippen LogP contribution in [0.1, 0.15) is 0 Å². The molecule has 42 valence electrons. The minimum Gasteiger partial charge on any atom is -0.277 e. The smallest absolute Gasteiger partial charge is 0.178 e. The average molecular weight is 127 g/mol. The van der Waals surface area contributed by atoms with Crippen molar-refractivity contribution in [2.75, 3.05) is 0 Å². The summed E-state index contributed by atoms with van der Waals surface area (Å²) in [5.74, 6) is 0. The average Bonchev–Trinajstić information content (AvgIpc) is 2.12.